The highest BCUT2D eigenvalue weighted by atomic mass is 35.5. The largest absolute Gasteiger partial charge is 0.310 e. The molecule has 92 valence electrons. The summed E-state index contributed by atoms with van der Waals surface area (Å²) in [6, 6.07) is 8.45. The van der Waals surface area contributed by atoms with Crippen molar-refractivity contribution >= 4 is 11.6 Å². The standard InChI is InChI=1S/C15H20ClN/c1-3-5-6-7-15(17-12-4-2)13-8-10-14(16)11-9-13/h1,8-11,15,17H,4-7,12H2,2H3. The minimum atomic E-state index is 0.389. The maximum atomic E-state index is 5.90. The Labute approximate surface area is 110 Å². The van der Waals surface area contributed by atoms with Crippen molar-refractivity contribution in [2.75, 3.05) is 6.54 Å². The Bertz CT molecular complexity index is 350. The van der Waals surface area contributed by atoms with E-state index in [1.54, 1.807) is 0 Å². The fourth-order valence-corrected chi connectivity index (χ4v) is 1.93. The lowest BCUT2D eigenvalue weighted by Crippen LogP contribution is -2.22. The minimum absolute atomic E-state index is 0.389. The molecule has 0 amide bonds. The van der Waals surface area contributed by atoms with E-state index in [0.29, 0.717) is 6.04 Å². The third kappa shape index (κ3) is 5.26. The van der Waals surface area contributed by atoms with E-state index in [1.165, 1.54) is 5.56 Å². The average molecular weight is 250 g/mol. The molecule has 1 atom stereocenters. The molecule has 2 heteroatoms. The van der Waals surface area contributed by atoms with Gasteiger partial charge in [0.15, 0.2) is 0 Å². The van der Waals surface area contributed by atoms with Crippen molar-refractivity contribution in [2.45, 2.75) is 38.6 Å². The molecule has 0 heterocycles. The number of hydrogen-bond donors (Lipinski definition) is 1. The second kappa shape index (κ2) is 8.17. The molecular weight excluding hydrogens is 230 g/mol. The number of nitrogens with one attached hydrogen (secondary N) is 1. The van der Waals surface area contributed by atoms with Gasteiger partial charge in [-0.2, -0.15) is 0 Å². The molecule has 0 spiro atoms. The van der Waals surface area contributed by atoms with Gasteiger partial charge in [0.1, 0.15) is 0 Å². The summed E-state index contributed by atoms with van der Waals surface area (Å²) in [7, 11) is 0. The predicted molar refractivity (Wildman–Crippen MR) is 75.2 cm³/mol. The first-order valence-corrected chi connectivity index (χ1v) is 6.58. The van der Waals surface area contributed by atoms with Crippen molar-refractivity contribution in [3.8, 4) is 12.3 Å². The van der Waals surface area contributed by atoms with Gasteiger partial charge in [-0.15, -0.1) is 12.3 Å². The highest BCUT2D eigenvalue weighted by Crippen LogP contribution is 2.21. The summed E-state index contributed by atoms with van der Waals surface area (Å²) in [5, 5.41) is 4.34. The van der Waals surface area contributed by atoms with Gasteiger partial charge in [0.25, 0.3) is 0 Å². The molecule has 1 nitrogen and oxygen atoms in total. The second-order valence-corrected chi connectivity index (χ2v) is 4.59. The summed E-state index contributed by atoms with van der Waals surface area (Å²) in [6.45, 7) is 3.21. The Morgan fingerprint density at radius 1 is 1.35 bits per heavy atom. The molecule has 0 bridgehead atoms. The van der Waals surface area contributed by atoms with E-state index in [-0.39, 0.29) is 0 Å². The van der Waals surface area contributed by atoms with Gasteiger partial charge >= 0.3 is 0 Å². The zero-order valence-corrected chi connectivity index (χ0v) is 11.1. The van der Waals surface area contributed by atoms with Gasteiger partial charge < -0.3 is 5.32 Å². The van der Waals surface area contributed by atoms with E-state index in [4.69, 9.17) is 18.0 Å². The molecule has 1 aromatic rings. The monoisotopic (exact) mass is 249 g/mol. The maximum Gasteiger partial charge on any atom is 0.0406 e. The summed E-state index contributed by atoms with van der Waals surface area (Å²) in [4.78, 5) is 0. The van der Waals surface area contributed by atoms with Crippen molar-refractivity contribution in [1.29, 1.82) is 0 Å². The van der Waals surface area contributed by atoms with Crippen molar-refractivity contribution in [3.63, 3.8) is 0 Å². The predicted octanol–water partition coefficient (Wildman–Crippen LogP) is 4.18. The van der Waals surface area contributed by atoms with E-state index >= 15 is 0 Å². The van der Waals surface area contributed by atoms with E-state index in [9.17, 15) is 0 Å². The van der Waals surface area contributed by atoms with E-state index in [0.717, 1.165) is 37.3 Å². The van der Waals surface area contributed by atoms with Gasteiger partial charge in [0.2, 0.25) is 0 Å². The van der Waals surface area contributed by atoms with Crippen LogP contribution in [0.3, 0.4) is 0 Å². The Balaban J connectivity index is 2.61. The van der Waals surface area contributed by atoms with E-state index in [1.807, 2.05) is 12.1 Å². The van der Waals surface area contributed by atoms with E-state index < -0.39 is 0 Å². The molecule has 0 radical (unpaired) electrons. The van der Waals surface area contributed by atoms with Crippen LogP contribution in [-0.4, -0.2) is 6.54 Å². The smallest absolute Gasteiger partial charge is 0.0406 e. The zero-order chi connectivity index (χ0) is 12.5. The van der Waals surface area contributed by atoms with Crippen LogP contribution in [0.4, 0.5) is 0 Å². The van der Waals surface area contributed by atoms with Crippen LogP contribution in [-0.2, 0) is 0 Å². The molecule has 0 aromatic heterocycles. The molecule has 0 aliphatic carbocycles. The van der Waals surface area contributed by atoms with Gasteiger partial charge in [0, 0.05) is 17.5 Å². The first-order chi connectivity index (χ1) is 8.27. The van der Waals surface area contributed by atoms with Gasteiger partial charge in [-0.3, -0.25) is 0 Å². The fraction of sp³-hybridized carbons (Fsp3) is 0.467. The number of benzene rings is 1. The SMILES string of the molecule is C#CCCCC(NCCC)c1ccc(Cl)cc1. The number of hydrogen-bond acceptors (Lipinski definition) is 1. The highest BCUT2D eigenvalue weighted by Gasteiger charge is 2.09. The van der Waals surface area contributed by atoms with Crippen LogP contribution in [0.5, 0.6) is 0 Å². The Hall–Kier alpha value is -0.970. The molecule has 0 fully saturated rings. The topological polar surface area (TPSA) is 12.0 Å². The molecule has 0 saturated carbocycles. The third-order valence-corrected chi connectivity index (χ3v) is 2.98. The summed E-state index contributed by atoms with van der Waals surface area (Å²) in [6.07, 6.45) is 9.40. The lowest BCUT2D eigenvalue weighted by atomic mass is 10.0. The number of terminal acetylenes is 1. The van der Waals surface area contributed by atoms with Crippen molar-refractivity contribution < 1.29 is 0 Å². The molecular formula is C15H20ClN. The maximum absolute atomic E-state index is 5.90. The highest BCUT2D eigenvalue weighted by molar-refractivity contribution is 6.30. The second-order valence-electron chi connectivity index (χ2n) is 4.15. The Morgan fingerprint density at radius 2 is 2.06 bits per heavy atom. The van der Waals surface area contributed by atoms with Gasteiger partial charge in [-0.25, -0.2) is 0 Å². The van der Waals surface area contributed by atoms with Gasteiger partial charge in [-0.1, -0.05) is 30.7 Å². The summed E-state index contributed by atoms with van der Waals surface area (Å²) < 4.78 is 0. The molecule has 0 saturated heterocycles. The number of halogens is 1. The lowest BCUT2D eigenvalue weighted by molar-refractivity contribution is 0.487. The lowest BCUT2D eigenvalue weighted by Gasteiger charge is -2.18. The molecule has 1 N–H and O–H groups in total. The number of rotatable bonds is 7. The molecule has 1 unspecified atom stereocenters. The first kappa shape index (κ1) is 14.1. The quantitative estimate of drug-likeness (QED) is 0.565. The average Bonchev–Trinajstić information content (AvgIpc) is 2.35. The van der Waals surface area contributed by atoms with Crippen LogP contribution in [0.15, 0.2) is 24.3 Å². The molecule has 17 heavy (non-hydrogen) atoms. The third-order valence-electron chi connectivity index (χ3n) is 2.73. The minimum Gasteiger partial charge on any atom is -0.310 e. The van der Waals surface area contributed by atoms with Crippen LogP contribution in [0.25, 0.3) is 0 Å². The van der Waals surface area contributed by atoms with Crippen molar-refractivity contribution in [1.82, 2.24) is 5.32 Å². The van der Waals surface area contributed by atoms with Crippen LogP contribution in [0, 0.1) is 12.3 Å². The number of unbranched alkanes of at least 4 members (excludes halogenated alkanes) is 1. The van der Waals surface area contributed by atoms with E-state index in [2.05, 4.69) is 30.3 Å². The molecule has 0 aliphatic rings. The van der Waals surface area contributed by atoms with Gasteiger partial charge in [-0.05, 0) is 43.5 Å². The summed E-state index contributed by atoms with van der Waals surface area (Å²) >= 11 is 5.90. The molecule has 0 aliphatic heterocycles. The van der Waals surface area contributed by atoms with Crippen molar-refractivity contribution in [3.05, 3.63) is 34.9 Å². The molecule has 1 rings (SSSR count). The summed E-state index contributed by atoms with van der Waals surface area (Å²) in [5.74, 6) is 2.69. The normalized spacial score (nSPS) is 12.1. The Morgan fingerprint density at radius 3 is 2.65 bits per heavy atom. The molecule has 1 aromatic carbocycles. The van der Waals surface area contributed by atoms with Gasteiger partial charge in [0.05, 0.1) is 0 Å². The van der Waals surface area contributed by atoms with Crippen molar-refractivity contribution in [2.24, 2.45) is 0 Å². The van der Waals surface area contributed by atoms with Crippen LogP contribution in [0.1, 0.15) is 44.2 Å². The van der Waals surface area contributed by atoms with Crippen LogP contribution in [0.2, 0.25) is 5.02 Å². The van der Waals surface area contributed by atoms with Crippen LogP contribution >= 0.6 is 11.6 Å². The Kier molecular flexibility index (Phi) is 6.77. The summed E-state index contributed by atoms with van der Waals surface area (Å²) in [5.41, 5.74) is 1.29. The van der Waals surface area contributed by atoms with Crippen LogP contribution < -0.4 is 5.32 Å². The first-order valence-electron chi connectivity index (χ1n) is 6.20. The zero-order valence-electron chi connectivity index (χ0n) is 10.4. The fourth-order valence-electron chi connectivity index (χ4n) is 1.81.